The van der Waals surface area contributed by atoms with Crippen LogP contribution in [0.3, 0.4) is 0 Å². The maximum atomic E-state index is 3.15. The summed E-state index contributed by atoms with van der Waals surface area (Å²) >= 11 is 6.67. The maximum Gasteiger partial charge on any atom is 0.424 e. The SMILES string of the molecule is O.[Br][Al][Br]. The molecule has 0 saturated carbocycles. The molecule has 0 bridgehead atoms. The Balaban J connectivity index is 0. The highest BCUT2D eigenvalue weighted by Crippen LogP contribution is 1.77. The summed E-state index contributed by atoms with van der Waals surface area (Å²) in [5, 5.41) is 0. The van der Waals surface area contributed by atoms with Crippen molar-refractivity contribution in [2.24, 2.45) is 0 Å². The van der Waals surface area contributed by atoms with E-state index in [2.05, 4.69) is 28.1 Å². The molecule has 1 nitrogen and oxygen atoms in total. The van der Waals surface area contributed by atoms with Gasteiger partial charge in [-0.2, -0.15) is 0 Å². The molecule has 0 rings (SSSR count). The highest BCUT2D eigenvalue weighted by atomic mass is 79.9. The fraction of sp³-hybridized carbons (Fsp3) is 0. The molecule has 2 N–H and O–H groups in total. The molecule has 0 aliphatic carbocycles. The number of rotatable bonds is 0. The minimum Gasteiger partial charge on any atom is -0.412 e. The Morgan fingerprint density at radius 3 is 1.25 bits per heavy atom. The van der Waals surface area contributed by atoms with Crippen molar-refractivity contribution in [2.75, 3.05) is 0 Å². The molecular formula is H2AlBr2O. The smallest absolute Gasteiger partial charge is 0.412 e. The second kappa shape index (κ2) is 8.82. The van der Waals surface area contributed by atoms with E-state index in [4.69, 9.17) is 0 Å². The molecule has 4 heavy (non-hydrogen) atoms. The Morgan fingerprint density at radius 2 is 1.25 bits per heavy atom. The zero-order chi connectivity index (χ0) is 2.71. The van der Waals surface area contributed by atoms with Gasteiger partial charge in [0.25, 0.3) is 0 Å². The van der Waals surface area contributed by atoms with Crippen LogP contribution < -0.4 is 0 Å². The molecule has 0 aliphatic rings. The lowest BCUT2D eigenvalue weighted by molar-refractivity contribution is 0.824. The van der Waals surface area contributed by atoms with Gasteiger partial charge in [-0.25, -0.2) is 28.1 Å². The summed E-state index contributed by atoms with van der Waals surface area (Å²) in [7, 11) is 0. The lowest BCUT2D eigenvalue weighted by Gasteiger charge is -1.34. The van der Waals surface area contributed by atoms with Crippen LogP contribution in [0, 0.1) is 0 Å². The van der Waals surface area contributed by atoms with E-state index in [1.807, 2.05) is 0 Å². The van der Waals surface area contributed by atoms with Gasteiger partial charge in [0.05, 0.1) is 0 Å². The van der Waals surface area contributed by atoms with Gasteiger partial charge in [-0.15, -0.1) is 0 Å². The van der Waals surface area contributed by atoms with Gasteiger partial charge in [-0.1, -0.05) is 0 Å². The first-order valence-corrected chi connectivity index (χ1v) is 6.80. The summed E-state index contributed by atoms with van der Waals surface area (Å²) < 4.78 is 0. The van der Waals surface area contributed by atoms with Crippen LogP contribution in [0.1, 0.15) is 0 Å². The molecule has 0 fully saturated rings. The molecule has 0 spiro atoms. The summed E-state index contributed by atoms with van der Waals surface area (Å²) in [5.74, 6) is 0. The molecule has 0 aromatic rings. The third kappa shape index (κ3) is 9.84. The lowest BCUT2D eigenvalue weighted by atomic mass is 16.0. The van der Waals surface area contributed by atoms with Gasteiger partial charge in [0.2, 0.25) is 0 Å². The van der Waals surface area contributed by atoms with Gasteiger partial charge in [0.1, 0.15) is 0 Å². The number of hydrogen-bond donors (Lipinski definition) is 0. The van der Waals surface area contributed by atoms with E-state index in [0.717, 1.165) is 0 Å². The van der Waals surface area contributed by atoms with Crippen LogP contribution in [0.2, 0.25) is 0 Å². The number of hydrogen-bond acceptors (Lipinski definition) is 0. The van der Waals surface area contributed by atoms with E-state index < -0.39 is 0 Å². The molecule has 1 radical (unpaired) electrons. The van der Waals surface area contributed by atoms with Crippen molar-refractivity contribution in [3.63, 3.8) is 0 Å². The van der Waals surface area contributed by atoms with Gasteiger partial charge < -0.3 is 5.48 Å². The van der Waals surface area contributed by atoms with Crippen LogP contribution in [-0.4, -0.2) is 17.0 Å². The first-order chi connectivity index (χ1) is 1.41. The van der Waals surface area contributed by atoms with Crippen molar-refractivity contribution < 1.29 is 5.48 Å². The third-order valence-corrected chi connectivity index (χ3v) is 0. The summed E-state index contributed by atoms with van der Waals surface area (Å²) in [6, 6.07) is 0. The molecule has 0 aromatic carbocycles. The maximum absolute atomic E-state index is 3.15. The monoisotopic (exact) mass is 203 g/mol. The topological polar surface area (TPSA) is 31.5 Å². The van der Waals surface area contributed by atoms with E-state index >= 15 is 0 Å². The molecule has 25 valence electrons. The van der Waals surface area contributed by atoms with Crippen molar-refractivity contribution in [3.05, 3.63) is 0 Å². The Bertz CT molecular complexity index is 6.00. The fourth-order valence-corrected chi connectivity index (χ4v) is 0. The molecule has 0 aliphatic heterocycles. The molecule has 0 heterocycles. The van der Waals surface area contributed by atoms with Gasteiger partial charge >= 0.3 is 11.6 Å². The van der Waals surface area contributed by atoms with Crippen LogP contribution >= 0.6 is 28.1 Å². The fourth-order valence-electron chi connectivity index (χ4n) is 0. The van der Waals surface area contributed by atoms with E-state index in [1.54, 1.807) is 0 Å². The zero-order valence-corrected chi connectivity index (χ0v) is 6.16. The average molecular weight is 205 g/mol. The Kier molecular flexibility index (Phi) is 20.0. The molecule has 0 atom stereocenters. The van der Waals surface area contributed by atoms with Crippen LogP contribution in [-0.2, 0) is 0 Å². The van der Waals surface area contributed by atoms with Crippen LogP contribution in [0.25, 0.3) is 0 Å². The molecule has 0 saturated heterocycles. The van der Waals surface area contributed by atoms with Crippen molar-refractivity contribution in [1.29, 1.82) is 0 Å². The minimum absolute atomic E-state index is 0. The Hall–Kier alpha value is 1.45. The molecule has 0 unspecified atom stereocenters. The van der Waals surface area contributed by atoms with E-state index in [1.165, 1.54) is 0 Å². The molecule has 0 aromatic heterocycles. The Morgan fingerprint density at radius 1 is 1.25 bits per heavy atom. The molecular weight excluding hydrogens is 203 g/mol. The van der Waals surface area contributed by atoms with Crippen LogP contribution in [0.5, 0.6) is 0 Å². The summed E-state index contributed by atoms with van der Waals surface area (Å²) in [4.78, 5) is 0. The standard InChI is InChI=1S/Al.2BrH.H2O/h;2*1H;1H2/q+2;;;/p-2. The quantitative estimate of drug-likeness (QED) is 0.515. The first kappa shape index (κ1) is 9.07. The minimum atomic E-state index is 0. The largest absolute Gasteiger partial charge is 0.424 e. The second-order valence-corrected chi connectivity index (χ2v) is 6.68. The summed E-state index contributed by atoms with van der Waals surface area (Å²) in [6.45, 7) is 0. The lowest BCUT2D eigenvalue weighted by Crippen LogP contribution is -1.31. The zero-order valence-electron chi connectivity index (χ0n) is 1.83. The van der Waals surface area contributed by atoms with E-state index in [-0.39, 0.29) is 5.48 Å². The normalized spacial score (nSPS) is 3.50. The first-order valence-electron chi connectivity index (χ1n) is 0.436. The van der Waals surface area contributed by atoms with Gasteiger partial charge in [-0.05, 0) is 0 Å². The molecule has 4 heteroatoms. The molecule has 0 amide bonds. The van der Waals surface area contributed by atoms with Crippen molar-refractivity contribution in [1.82, 2.24) is 0 Å². The van der Waals surface area contributed by atoms with E-state index in [0.29, 0.717) is 11.6 Å². The second-order valence-electron chi connectivity index (χ2n) is 0.0825. The summed E-state index contributed by atoms with van der Waals surface area (Å²) in [5.41, 5.74) is 0. The van der Waals surface area contributed by atoms with Gasteiger partial charge in [0.15, 0.2) is 0 Å². The highest BCUT2D eigenvalue weighted by Gasteiger charge is 1.56. The predicted octanol–water partition coefficient (Wildman–Crippen LogP) is 0.486. The average Bonchev–Trinajstić information content (AvgIpc) is 0.918. The van der Waals surface area contributed by atoms with Gasteiger partial charge in [0, 0.05) is 0 Å². The third-order valence-electron chi connectivity index (χ3n) is 0. The van der Waals surface area contributed by atoms with Crippen molar-refractivity contribution in [3.8, 4) is 0 Å². The van der Waals surface area contributed by atoms with E-state index in [9.17, 15) is 0 Å². The summed E-state index contributed by atoms with van der Waals surface area (Å²) in [6.07, 6.45) is 0. The van der Waals surface area contributed by atoms with Crippen molar-refractivity contribution >= 4 is 39.7 Å². The predicted molar refractivity (Wildman–Crippen MR) is 27.2 cm³/mol. The van der Waals surface area contributed by atoms with Gasteiger partial charge in [-0.3, -0.25) is 0 Å². The van der Waals surface area contributed by atoms with Crippen LogP contribution in [0.4, 0.5) is 0 Å². The Labute approximate surface area is 45.1 Å². The van der Waals surface area contributed by atoms with Crippen molar-refractivity contribution in [2.45, 2.75) is 0 Å². The number of halogens is 2. The highest BCUT2D eigenvalue weighted by molar-refractivity contribution is 9.47. The van der Waals surface area contributed by atoms with Crippen LogP contribution in [0.15, 0.2) is 0 Å².